The van der Waals surface area contributed by atoms with Crippen LogP contribution in [0.2, 0.25) is 0 Å². The molecule has 0 amide bonds. The maximum absolute atomic E-state index is 7.12. The lowest BCUT2D eigenvalue weighted by Crippen LogP contribution is -2.22. The van der Waals surface area contributed by atoms with Crippen LogP contribution in [0.25, 0.3) is 11.1 Å². The number of hydrogen-bond donors (Lipinski definition) is 0. The van der Waals surface area contributed by atoms with Gasteiger partial charge in [0.1, 0.15) is 4.87 Å². The van der Waals surface area contributed by atoms with Crippen LogP contribution in [0.15, 0.2) is 152 Å². The van der Waals surface area contributed by atoms with Crippen molar-refractivity contribution in [3.63, 3.8) is 0 Å². The standard InChI is InChI=1S/C19H15Cl.C12H10/c20-19(16-10-4-1-5-11-16,17-12-6-2-7-13-17)18-14-8-3-9-15-18;1-3-7-11(8-4-1)12-9-5-2-6-10-12/h1-15H;1-10H. The van der Waals surface area contributed by atoms with Gasteiger partial charge in [-0.15, -0.1) is 11.6 Å². The molecule has 0 heterocycles. The van der Waals surface area contributed by atoms with Gasteiger partial charge in [0.05, 0.1) is 0 Å². The second-order valence-corrected chi connectivity index (χ2v) is 8.06. The molecule has 1 heteroatoms. The minimum Gasteiger partial charge on any atom is -0.104 e. The topological polar surface area (TPSA) is 0 Å². The molecule has 0 aliphatic carbocycles. The third kappa shape index (κ3) is 4.99. The lowest BCUT2D eigenvalue weighted by atomic mass is 9.84. The van der Waals surface area contributed by atoms with Crippen LogP contribution >= 0.6 is 11.6 Å². The molecule has 0 aromatic heterocycles. The molecule has 0 aliphatic rings. The molecule has 0 atom stereocenters. The minimum atomic E-state index is -0.649. The van der Waals surface area contributed by atoms with Crippen LogP contribution in [-0.4, -0.2) is 0 Å². The van der Waals surface area contributed by atoms with E-state index in [1.54, 1.807) is 0 Å². The summed E-state index contributed by atoms with van der Waals surface area (Å²) in [6, 6.07) is 51.4. The van der Waals surface area contributed by atoms with E-state index in [4.69, 9.17) is 11.6 Å². The average molecular weight is 433 g/mol. The molecule has 5 aromatic carbocycles. The maximum atomic E-state index is 7.12. The molecule has 0 N–H and O–H groups in total. The molecule has 0 saturated carbocycles. The molecule has 0 radical (unpaired) electrons. The zero-order valence-electron chi connectivity index (χ0n) is 17.8. The van der Waals surface area contributed by atoms with Crippen molar-refractivity contribution in [2.45, 2.75) is 4.87 Å². The highest BCUT2D eigenvalue weighted by Crippen LogP contribution is 2.42. The Labute approximate surface area is 195 Å². The predicted octanol–water partition coefficient (Wildman–Crippen LogP) is 8.57. The number of benzene rings is 5. The summed E-state index contributed by atoms with van der Waals surface area (Å²) in [5, 5.41) is 0. The Bertz CT molecular complexity index is 1050. The van der Waals surface area contributed by atoms with E-state index in [2.05, 4.69) is 84.9 Å². The van der Waals surface area contributed by atoms with Crippen LogP contribution in [0.3, 0.4) is 0 Å². The van der Waals surface area contributed by atoms with Crippen LogP contribution in [0.1, 0.15) is 16.7 Å². The van der Waals surface area contributed by atoms with Gasteiger partial charge in [0.2, 0.25) is 0 Å². The maximum Gasteiger partial charge on any atom is 0.119 e. The molecule has 0 saturated heterocycles. The first kappa shape index (κ1) is 21.6. The summed E-state index contributed by atoms with van der Waals surface area (Å²) in [5.74, 6) is 0. The van der Waals surface area contributed by atoms with Crippen LogP contribution < -0.4 is 0 Å². The van der Waals surface area contributed by atoms with E-state index in [9.17, 15) is 0 Å². The normalized spacial score (nSPS) is 10.7. The Hall–Kier alpha value is -3.61. The fraction of sp³-hybridized carbons (Fsp3) is 0.0323. The summed E-state index contributed by atoms with van der Waals surface area (Å²) in [7, 11) is 0. The first-order valence-corrected chi connectivity index (χ1v) is 11.1. The van der Waals surface area contributed by atoms with Crippen molar-refractivity contribution in [1.29, 1.82) is 0 Å². The van der Waals surface area contributed by atoms with Crippen molar-refractivity contribution in [3.8, 4) is 11.1 Å². The zero-order valence-corrected chi connectivity index (χ0v) is 18.6. The van der Waals surface area contributed by atoms with Crippen molar-refractivity contribution < 1.29 is 0 Å². The van der Waals surface area contributed by atoms with Crippen molar-refractivity contribution in [2.75, 3.05) is 0 Å². The van der Waals surface area contributed by atoms with E-state index in [1.165, 1.54) is 11.1 Å². The number of halogens is 1. The van der Waals surface area contributed by atoms with E-state index in [0.29, 0.717) is 0 Å². The SMILES string of the molecule is ClC(c1ccccc1)(c1ccccc1)c1ccccc1.c1ccc(-c2ccccc2)cc1. The summed E-state index contributed by atoms with van der Waals surface area (Å²) in [6.07, 6.45) is 0. The van der Waals surface area contributed by atoms with E-state index in [1.807, 2.05) is 66.7 Å². The van der Waals surface area contributed by atoms with Crippen molar-refractivity contribution in [2.24, 2.45) is 0 Å². The van der Waals surface area contributed by atoms with Gasteiger partial charge in [-0.25, -0.2) is 0 Å². The molecule has 0 fully saturated rings. The molecule has 32 heavy (non-hydrogen) atoms. The van der Waals surface area contributed by atoms with Gasteiger partial charge < -0.3 is 0 Å². The first-order valence-electron chi connectivity index (χ1n) is 10.7. The summed E-state index contributed by atoms with van der Waals surface area (Å²) >= 11 is 7.12. The Balaban J connectivity index is 0.000000174. The second-order valence-electron chi connectivity index (χ2n) is 7.49. The zero-order chi connectivity index (χ0) is 22.1. The molecule has 5 aromatic rings. The van der Waals surface area contributed by atoms with Crippen LogP contribution in [0, 0.1) is 0 Å². The Morgan fingerprint density at radius 1 is 0.312 bits per heavy atom. The Kier molecular flexibility index (Phi) is 7.17. The van der Waals surface area contributed by atoms with E-state index in [0.717, 1.165) is 16.7 Å². The van der Waals surface area contributed by atoms with Gasteiger partial charge in [0.15, 0.2) is 0 Å². The summed E-state index contributed by atoms with van der Waals surface area (Å²) in [4.78, 5) is -0.649. The third-order valence-corrected chi connectivity index (χ3v) is 6.05. The summed E-state index contributed by atoms with van der Waals surface area (Å²) in [6.45, 7) is 0. The van der Waals surface area contributed by atoms with Crippen molar-refractivity contribution in [1.82, 2.24) is 0 Å². The summed E-state index contributed by atoms with van der Waals surface area (Å²) in [5.41, 5.74) is 5.80. The lowest BCUT2D eigenvalue weighted by Gasteiger charge is -2.29. The van der Waals surface area contributed by atoms with Crippen LogP contribution in [0.5, 0.6) is 0 Å². The van der Waals surface area contributed by atoms with Gasteiger partial charge in [-0.1, -0.05) is 152 Å². The first-order chi connectivity index (χ1) is 15.8. The molecular weight excluding hydrogens is 408 g/mol. The molecule has 5 rings (SSSR count). The van der Waals surface area contributed by atoms with E-state index >= 15 is 0 Å². The van der Waals surface area contributed by atoms with Crippen molar-refractivity contribution in [3.05, 3.63) is 168 Å². The average Bonchev–Trinajstić information content (AvgIpc) is 2.91. The molecular formula is C31H25Cl. The highest BCUT2D eigenvalue weighted by Gasteiger charge is 2.33. The number of alkyl halides is 1. The van der Waals surface area contributed by atoms with Gasteiger partial charge in [0.25, 0.3) is 0 Å². The highest BCUT2D eigenvalue weighted by molar-refractivity contribution is 6.28. The van der Waals surface area contributed by atoms with E-state index < -0.39 is 4.87 Å². The quantitative estimate of drug-likeness (QED) is 0.197. The van der Waals surface area contributed by atoms with Crippen LogP contribution in [-0.2, 0) is 4.87 Å². The van der Waals surface area contributed by atoms with Gasteiger partial charge in [0, 0.05) is 0 Å². The van der Waals surface area contributed by atoms with Gasteiger partial charge >= 0.3 is 0 Å². The monoisotopic (exact) mass is 432 g/mol. The highest BCUT2D eigenvalue weighted by atomic mass is 35.5. The Morgan fingerprint density at radius 3 is 0.781 bits per heavy atom. The number of rotatable bonds is 4. The second kappa shape index (κ2) is 10.6. The fourth-order valence-corrected chi connectivity index (χ4v) is 4.14. The van der Waals surface area contributed by atoms with Gasteiger partial charge in [-0.3, -0.25) is 0 Å². The molecule has 0 bridgehead atoms. The molecule has 0 nitrogen and oxygen atoms in total. The van der Waals surface area contributed by atoms with Crippen molar-refractivity contribution >= 4 is 11.6 Å². The largest absolute Gasteiger partial charge is 0.119 e. The summed E-state index contributed by atoms with van der Waals surface area (Å²) < 4.78 is 0. The van der Waals surface area contributed by atoms with Gasteiger partial charge in [-0.2, -0.15) is 0 Å². The number of hydrogen-bond acceptors (Lipinski definition) is 0. The third-order valence-electron chi connectivity index (χ3n) is 5.40. The molecule has 0 spiro atoms. The molecule has 0 unspecified atom stereocenters. The Morgan fingerprint density at radius 2 is 0.531 bits per heavy atom. The minimum absolute atomic E-state index is 0.649. The predicted molar refractivity (Wildman–Crippen MR) is 137 cm³/mol. The molecule has 0 aliphatic heterocycles. The van der Waals surface area contributed by atoms with E-state index in [-0.39, 0.29) is 0 Å². The lowest BCUT2D eigenvalue weighted by molar-refractivity contribution is 0.879. The van der Waals surface area contributed by atoms with Gasteiger partial charge in [-0.05, 0) is 27.8 Å². The smallest absolute Gasteiger partial charge is 0.104 e. The van der Waals surface area contributed by atoms with Crippen LogP contribution in [0.4, 0.5) is 0 Å². The molecule has 156 valence electrons. The fourth-order valence-electron chi connectivity index (χ4n) is 3.76.